The molecule has 18 heavy (non-hydrogen) atoms. The zero-order valence-electron chi connectivity index (χ0n) is 10.9. The third-order valence-electron chi connectivity index (χ3n) is 2.24. The number of hydrogen-bond acceptors (Lipinski definition) is 5. The molecule has 5 nitrogen and oxygen atoms in total. The Kier molecular flexibility index (Phi) is 7.88. The van der Waals surface area contributed by atoms with Gasteiger partial charge < -0.3 is 14.8 Å². The van der Waals surface area contributed by atoms with Gasteiger partial charge in [0.15, 0.2) is 0 Å². The third kappa shape index (κ3) is 5.75. The van der Waals surface area contributed by atoms with Gasteiger partial charge in [0.2, 0.25) is 0 Å². The second-order valence-electron chi connectivity index (χ2n) is 3.76. The van der Waals surface area contributed by atoms with Crippen LogP contribution in [0.1, 0.15) is 19.2 Å². The Morgan fingerprint density at radius 3 is 2.89 bits per heavy atom. The Morgan fingerprint density at radius 2 is 2.17 bits per heavy atom. The fourth-order valence-corrected chi connectivity index (χ4v) is 1.63. The first-order valence-electron chi connectivity index (χ1n) is 6.10. The first-order chi connectivity index (χ1) is 8.77. The summed E-state index contributed by atoms with van der Waals surface area (Å²) in [5.74, 6) is 1.63. The van der Waals surface area contributed by atoms with Crippen LogP contribution in [0.2, 0.25) is 0 Å². The minimum absolute atomic E-state index is 0.605. The van der Waals surface area contributed by atoms with E-state index in [0.717, 1.165) is 29.1 Å². The zero-order valence-corrected chi connectivity index (χ0v) is 12.5. The van der Waals surface area contributed by atoms with Crippen molar-refractivity contribution in [2.24, 2.45) is 0 Å². The number of nitrogens with zero attached hydrogens (tertiary/aromatic N) is 2. The maximum atomic E-state index is 5.39. The highest BCUT2D eigenvalue weighted by molar-refractivity contribution is 9.10. The van der Waals surface area contributed by atoms with Crippen LogP contribution < -0.4 is 5.32 Å². The standard InChI is InChI=1S/C12H20BrN3O2/c1-3-5-14-12-10(13)9-15-11(16-12)4-6-18-8-7-17-2/h9H,3-8H2,1-2H3,(H,14,15,16). The lowest BCUT2D eigenvalue weighted by Crippen LogP contribution is -2.09. The summed E-state index contributed by atoms with van der Waals surface area (Å²) in [4.78, 5) is 8.70. The number of rotatable bonds is 9. The molecule has 102 valence electrons. The molecule has 0 aromatic carbocycles. The van der Waals surface area contributed by atoms with Gasteiger partial charge in [-0.3, -0.25) is 0 Å². The Labute approximate surface area is 116 Å². The van der Waals surface area contributed by atoms with Gasteiger partial charge in [0.05, 0.1) is 24.3 Å². The molecule has 0 unspecified atom stereocenters. The highest BCUT2D eigenvalue weighted by atomic mass is 79.9. The van der Waals surface area contributed by atoms with Gasteiger partial charge in [-0.1, -0.05) is 6.92 Å². The first-order valence-corrected chi connectivity index (χ1v) is 6.89. The second kappa shape index (κ2) is 9.24. The lowest BCUT2D eigenvalue weighted by atomic mass is 10.4. The number of methoxy groups -OCH3 is 1. The molecule has 1 aromatic rings. The van der Waals surface area contributed by atoms with Crippen LogP contribution in [0.15, 0.2) is 10.7 Å². The van der Waals surface area contributed by atoms with Crippen molar-refractivity contribution in [3.8, 4) is 0 Å². The summed E-state index contributed by atoms with van der Waals surface area (Å²) in [6.45, 7) is 4.85. The van der Waals surface area contributed by atoms with E-state index >= 15 is 0 Å². The summed E-state index contributed by atoms with van der Waals surface area (Å²) in [6, 6.07) is 0. The van der Waals surface area contributed by atoms with Crippen LogP contribution in [-0.2, 0) is 15.9 Å². The van der Waals surface area contributed by atoms with E-state index in [0.29, 0.717) is 26.2 Å². The van der Waals surface area contributed by atoms with Crippen LogP contribution >= 0.6 is 15.9 Å². The molecule has 1 aromatic heterocycles. The van der Waals surface area contributed by atoms with Crippen molar-refractivity contribution in [2.75, 3.05) is 38.8 Å². The molecular formula is C12H20BrN3O2. The number of nitrogens with one attached hydrogen (secondary N) is 1. The van der Waals surface area contributed by atoms with E-state index in [1.807, 2.05) is 0 Å². The highest BCUT2D eigenvalue weighted by Gasteiger charge is 2.04. The molecule has 0 aliphatic rings. The molecule has 0 aliphatic heterocycles. The normalized spacial score (nSPS) is 10.6. The summed E-state index contributed by atoms with van der Waals surface area (Å²) >= 11 is 3.43. The third-order valence-corrected chi connectivity index (χ3v) is 2.82. The molecular weight excluding hydrogens is 298 g/mol. The zero-order chi connectivity index (χ0) is 13.2. The fourth-order valence-electron chi connectivity index (χ4n) is 1.30. The van der Waals surface area contributed by atoms with Gasteiger partial charge in [-0.2, -0.15) is 0 Å². The molecule has 0 radical (unpaired) electrons. The molecule has 6 heteroatoms. The molecule has 0 aliphatic carbocycles. The van der Waals surface area contributed by atoms with Gasteiger partial charge in [0, 0.05) is 26.3 Å². The minimum Gasteiger partial charge on any atom is -0.382 e. The SMILES string of the molecule is CCCNc1nc(CCOCCOC)ncc1Br. The van der Waals surface area contributed by atoms with Gasteiger partial charge in [-0.05, 0) is 22.4 Å². The average Bonchev–Trinajstić information content (AvgIpc) is 2.39. The van der Waals surface area contributed by atoms with Crippen molar-refractivity contribution in [3.63, 3.8) is 0 Å². The molecule has 0 fully saturated rings. The Balaban J connectivity index is 2.40. The molecule has 1 heterocycles. The smallest absolute Gasteiger partial charge is 0.144 e. The topological polar surface area (TPSA) is 56.3 Å². The maximum Gasteiger partial charge on any atom is 0.144 e. The van der Waals surface area contributed by atoms with Crippen molar-refractivity contribution in [1.82, 2.24) is 9.97 Å². The summed E-state index contributed by atoms with van der Waals surface area (Å²) in [6.07, 6.45) is 3.54. The van der Waals surface area contributed by atoms with E-state index in [9.17, 15) is 0 Å². The summed E-state index contributed by atoms with van der Waals surface area (Å²) in [5, 5.41) is 3.25. The molecule has 1 rings (SSSR count). The van der Waals surface area contributed by atoms with E-state index in [1.165, 1.54) is 0 Å². The van der Waals surface area contributed by atoms with Crippen LogP contribution in [0, 0.1) is 0 Å². The summed E-state index contributed by atoms with van der Waals surface area (Å²) in [7, 11) is 1.66. The van der Waals surface area contributed by atoms with E-state index in [-0.39, 0.29) is 0 Å². The molecule has 0 amide bonds. The predicted molar refractivity (Wildman–Crippen MR) is 74.9 cm³/mol. The predicted octanol–water partition coefficient (Wildman–Crippen LogP) is 2.27. The average molecular weight is 318 g/mol. The van der Waals surface area contributed by atoms with Crippen molar-refractivity contribution < 1.29 is 9.47 Å². The second-order valence-corrected chi connectivity index (χ2v) is 4.62. The van der Waals surface area contributed by atoms with E-state index in [1.54, 1.807) is 13.3 Å². The lowest BCUT2D eigenvalue weighted by Gasteiger charge is -2.08. The first kappa shape index (κ1) is 15.3. The number of ether oxygens (including phenoxy) is 2. The van der Waals surface area contributed by atoms with E-state index in [4.69, 9.17) is 9.47 Å². The number of aromatic nitrogens is 2. The van der Waals surface area contributed by atoms with Crippen LogP contribution in [0.3, 0.4) is 0 Å². The van der Waals surface area contributed by atoms with E-state index < -0.39 is 0 Å². The quantitative estimate of drug-likeness (QED) is 0.708. The van der Waals surface area contributed by atoms with Gasteiger partial charge in [-0.15, -0.1) is 0 Å². The maximum absolute atomic E-state index is 5.39. The van der Waals surface area contributed by atoms with Crippen molar-refractivity contribution >= 4 is 21.7 Å². The summed E-state index contributed by atoms with van der Waals surface area (Å²) < 4.78 is 11.2. The van der Waals surface area contributed by atoms with Gasteiger partial charge in [0.25, 0.3) is 0 Å². The molecule has 0 atom stereocenters. The largest absolute Gasteiger partial charge is 0.382 e. The molecule has 0 saturated heterocycles. The molecule has 0 saturated carbocycles. The summed E-state index contributed by atoms with van der Waals surface area (Å²) in [5.41, 5.74) is 0. The molecule has 0 spiro atoms. The van der Waals surface area contributed by atoms with Crippen LogP contribution in [0.4, 0.5) is 5.82 Å². The number of anilines is 1. The number of hydrogen-bond donors (Lipinski definition) is 1. The Hall–Kier alpha value is -0.720. The number of halogens is 1. The molecule has 0 bridgehead atoms. The highest BCUT2D eigenvalue weighted by Crippen LogP contribution is 2.18. The van der Waals surface area contributed by atoms with Crippen LogP contribution in [-0.4, -0.2) is 43.4 Å². The van der Waals surface area contributed by atoms with Gasteiger partial charge >= 0.3 is 0 Å². The van der Waals surface area contributed by atoms with Gasteiger partial charge in [0.1, 0.15) is 11.6 Å². The van der Waals surface area contributed by atoms with Gasteiger partial charge in [-0.25, -0.2) is 9.97 Å². The Morgan fingerprint density at radius 1 is 1.33 bits per heavy atom. The minimum atomic E-state index is 0.605. The fraction of sp³-hybridized carbons (Fsp3) is 0.667. The van der Waals surface area contributed by atoms with Crippen molar-refractivity contribution in [1.29, 1.82) is 0 Å². The van der Waals surface area contributed by atoms with Crippen LogP contribution in [0.5, 0.6) is 0 Å². The lowest BCUT2D eigenvalue weighted by molar-refractivity contribution is 0.0716. The molecule has 1 N–H and O–H groups in total. The van der Waals surface area contributed by atoms with Crippen LogP contribution in [0.25, 0.3) is 0 Å². The monoisotopic (exact) mass is 317 g/mol. The Bertz CT molecular complexity index is 350. The van der Waals surface area contributed by atoms with E-state index in [2.05, 4.69) is 38.1 Å². The van der Waals surface area contributed by atoms with Crippen molar-refractivity contribution in [3.05, 3.63) is 16.5 Å². The van der Waals surface area contributed by atoms with Crippen molar-refractivity contribution in [2.45, 2.75) is 19.8 Å².